The molecule has 0 radical (unpaired) electrons. The summed E-state index contributed by atoms with van der Waals surface area (Å²) in [6, 6.07) is 0.898. The van der Waals surface area contributed by atoms with Gasteiger partial charge in [0.15, 0.2) is 0 Å². The van der Waals surface area contributed by atoms with Gasteiger partial charge in [-0.1, -0.05) is 6.08 Å². The molecule has 0 amide bonds. The van der Waals surface area contributed by atoms with E-state index in [2.05, 4.69) is 17.2 Å². The number of hydrogen-bond acceptors (Lipinski definition) is 1. The fraction of sp³-hybridized carbons (Fsp3) is 0.714. The Kier molecular flexibility index (Phi) is 0.833. The van der Waals surface area contributed by atoms with Crippen molar-refractivity contribution in [2.75, 3.05) is 6.54 Å². The van der Waals surface area contributed by atoms with Crippen molar-refractivity contribution in [1.29, 1.82) is 0 Å². The summed E-state index contributed by atoms with van der Waals surface area (Å²) < 4.78 is 0. The molecule has 2 aliphatic rings. The quantitative estimate of drug-likeness (QED) is 0.454. The molecule has 0 N–H and O–H groups in total. The van der Waals surface area contributed by atoms with Crippen LogP contribution in [0, 0.1) is 0 Å². The van der Waals surface area contributed by atoms with Crippen molar-refractivity contribution in [2.45, 2.75) is 25.3 Å². The van der Waals surface area contributed by atoms with Crippen molar-refractivity contribution in [3.63, 3.8) is 0 Å². The van der Waals surface area contributed by atoms with Crippen LogP contribution in [0.25, 0.3) is 0 Å². The average Bonchev–Trinajstić information content (AvgIpc) is 2.15. The van der Waals surface area contributed by atoms with Gasteiger partial charge in [0.1, 0.15) is 0 Å². The topological polar surface area (TPSA) is 3.24 Å². The molecule has 1 saturated heterocycles. The van der Waals surface area contributed by atoms with Gasteiger partial charge in [0.25, 0.3) is 0 Å². The van der Waals surface area contributed by atoms with Gasteiger partial charge in [-0.25, -0.2) is 0 Å². The van der Waals surface area contributed by atoms with Crippen molar-refractivity contribution >= 4 is 0 Å². The molecule has 0 aromatic carbocycles. The zero-order valence-electron chi connectivity index (χ0n) is 5.01. The van der Waals surface area contributed by atoms with Crippen LogP contribution in [0.3, 0.4) is 0 Å². The molecule has 1 nitrogen and oxygen atoms in total. The van der Waals surface area contributed by atoms with E-state index in [9.17, 15) is 0 Å². The van der Waals surface area contributed by atoms with Crippen LogP contribution >= 0.6 is 0 Å². The van der Waals surface area contributed by atoms with Gasteiger partial charge in [-0.2, -0.15) is 0 Å². The highest BCUT2D eigenvalue weighted by Crippen LogP contribution is 2.24. The molecule has 2 heterocycles. The van der Waals surface area contributed by atoms with E-state index in [1.807, 2.05) is 0 Å². The second-order valence-corrected chi connectivity index (χ2v) is 2.65. The molecule has 44 valence electrons. The highest BCUT2D eigenvalue weighted by atomic mass is 15.2. The summed E-state index contributed by atoms with van der Waals surface area (Å²) >= 11 is 0. The SMILES string of the molecule is C1=CN2CCCC2C1. The van der Waals surface area contributed by atoms with Crippen molar-refractivity contribution < 1.29 is 0 Å². The van der Waals surface area contributed by atoms with Crippen LogP contribution in [0.15, 0.2) is 12.3 Å². The van der Waals surface area contributed by atoms with Gasteiger partial charge in [-0.3, -0.25) is 0 Å². The maximum Gasteiger partial charge on any atom is 0.0320 e. The van der Waals surface area contributed by atoms with Crippen LogP contribution < -0.4 is 0 Å². The number of rotatable bonds is 0. The molecule has 1 fully saturated rings. The summed E-state index contributed by atoms with van der Waals surface area (Å²) in [5, 5.41) is 0. The predicted molar refractivity (Wildman–Crippen MR) is 33.5 cm³/mol. The normalized spacial score (nSPS) is 34.0. The van der Waals surface area contributed by atoms with Crippen LogP contribution in [0.2, 0.25) is 0 Å². The molecule has 0 aromatic rings. The molecule has 1 heteroatoms. The summed E-state index contributed by atoms with van der Waals surface area (Å²) in [4.78, 5) is 2.46. The van der Waals surface area contributed by atoms with Crippen molar-refractivity contribution in [1.82, 2.24) is 4.90 Å². The third-order valence-electron chi connectivity index (χ3n) is 2.13. The number of hydrogen-bond donors (Lipinski definition) is 0. The van der Waals surface area contributed by atoms with Crippen LogP contribution in [-0.2, 0) is 0 Å². The second-order valence-electron chi connectivity index (χ2n) is 2.65. The summed E-state index contributed by atoms with van der Waals surface area (Å²) in [6.45, 7) is 1.31. The fourth-order valence-corrected chi connectivity index (χ4v) is 1.66. The largest absolute Gasteiger partial charge is 0.374 e. The Hall–Kier alpha value is -0.460. The van der Waals surface area contributed by atoms with E-state index in [1.54, 1.807) is 0 Å². The molecule has 0 aliphatic carbocycles. The Bertz CT molecular complexity index is 118. The number of nitrogens with zero attached hydrogens (tertiary/aromatic N) is 1. The molecule has 1 atom stereocenters. The first-order valence-electron chi connectivity index (χ1n) is 3.39. The van der Waals surface area contributed by atoms with E-state index in [0.29, 0.717) is 0 Å². The zero-order chi connectivity index (χ0) is 5.40. The molecule has 0 aromatic heterocycles. The Morgan fingerprint density at radius 1 is 1.50 bits per heavy atom. The summed E-state index contributed by atoms with van der Waals surface area (Å²) in [6.07, 6.45) is 8.67. The van der Waals surface area contributed by atoms with Crippen LogP contribution in [0.5, 0.6) is 0 Å². The van der Waals surface area contributed by atoms with E-state index in [0.717, 1.165) is 6.04 Å². The van der Waals surface area contributed by atoms with E-state index >= 15 is 0 Å². The second kappa shape index (κ2) is 1.51. The summed E-state index contributed by atoms with van der Waals surface area (Å²) in [5.74, 6) is 0. The molecular weight excluding hydrogens is 98.1 g/mol. The van der Waals surface area contributed by atoms with Gasteiger partial charge in [-0.15, -0.1) is 0 Å². The third kappa shape index (κ3) is 0.473. The molecule has 2 rings (SSSR count). The van der Waals surface area contributed by atoms with Gasteiger partial charge in [0, 0.05) is 12.6 Å². The van der Waals surface area contributed by atoms with Crippen molar-refractivity contribution in [3.8, 4) is 0 Å². The van der Waals surface area contributed by atoms with Gasteiger partial charge in [-0.05, 0) is 25.5 Å². The summed E-state index contributed by atoms with van der Waals surface area (Å²) in [7, 11) is 0. The Labute approximate surface area is 50.0 Å². The zero-order valence-corrected chi connectivity index (χ0v) is 5.01. The maximum atomic E-state index is 2.46. The molecule has 2 aliphatic heterocycles. The minimum Gasteiger partial charge on any atom is -0.374 e. The van der Waals surface area contributed by atoms with Crippen LogP contribution in [0.1, 0.15) is 19.3 Å². The van der Waals surface area contributed by atoms with E-state index in [1.165, 1.54) is 25.8 Å². The Morgan fingerprint density at radius 3 is 3.38 bits per heavy atom. The van der Waals surface area contributed by atoms with Gasteiger partial charge < -0.3 is 4.90 Å². The smallest absolute Gasteiger partial charge is 0.0320 e. The first-order chi connectivity index (χ1) is 3.97. The highest BCUT2D eigenvalue weighted by molar-refractivity contribution is 5.00. The molecule has 0 saturated carbocycles. The first-order valence-corrected chi connectivity index (χ1v) is 3.39. The monoisotopic (exact) mass is 109 g/mol. The summed E-state index contributed by atoms with van der Waals surface area (Å²) in [5.41, 5.74) is 0. The van der Waals surface area contributed by atoms with Gasteiger partial charge in [0.05, 0.1) is 0 Å². The van der Waals surface area contributed by atoms with E-state index < -0.39 is 0 Å². The lowest BCUT2D eigenvalue weighted by molar-refractivity contribution is 0.380. The number of fused-ring (bicyclic) bond motifs is 1. The lowest BCUT2D eigenvalue weighted by Gasteiger charge is -2.13. The minimum absolute atomic E-state index is 0.898. The lowest BCUT2D eigenvalue weighted by atomic mass is 10.2. The fourth-order valence-electron chi connectivity index (χ4n) is 1.66. The highest BCUT2D eigenvalue weighted by Gasteiger charge is 2.23. The molecule has 8 heavy (non-hydrogen) atoms. The molecule has 0 bridgehead atoms. The molecular formula is C7H11N. The lowest BCUT2D eigenvalue weighted by Crippen LogP contribution is -2.17. The maximum absolute atomic E-state index is 2.46. The van der Waals surface area contributed by atoms with Gasteiger partial charge in [0.2, 0.25) is 0 Å². The first kappa shape index (κ1) is 4.42. The van der Waals surface area contributed by atoms with Crippen LogP contribution in [0.4, 0.5) is 0 Å². The van der Waals surface area contributed by atoms with E-state index in [4.69, 9.17) is 0 Å². The standard InChI is InChI=1S/C7H11N/c1-3-7-4-2-6-8(7)5-1/h1,5,7H,2-4,6H2. The van der Waals surface area contributed by atoms with Crippen molar-refractivity contribution in [3.05, 3.63) is 12.3 Å². The molecule has 0 spiro atoms. The Balaban J connectivity index is 2.13. The average molecular weight is 109 g/mol. The van der Waals surface area contributed by atoms with Crippen LogP contribution in [-0.4, -0.2) is 17.5 Å². The van der Waals surface area contributed by atoms with Gasteiger partial charge >= 0.3 is 0 Å². The third-order valence-corrected chi connectivity index (χ3v) is 2.13. The van der Waals surface area contributed by atoms with E-state index in [-0.39, 0.29) is 0 Å². The minimum atomic E-state index is 0.898. The Morgan fingerprint density at radius 2 is 2.50 bits per heavy atom. The predicted octanol–water partition coefficient (Wildman–Crippen LogP) is 1.37. The van der Waals surface area contributed by atoms with Crippen molar-refractivity contribution in [2.24, 2.45) is 0 Å². The molecule has 1 unspecified atom stereocenters.